The van der Waals surface area contributed by atoms with Crippen molar-refractivity contribution in [3.8, 4) is 17.2 Å². The van der Waals surface area contributed by atoms with Gasteiger partial charge in [0.25, 0.3) is 0 Å². The number of nitrogens with two attached hydrogens (primary N) is 2. The van der Waals surface area contributed by atoms with E-state index in [1.807, 2.05) is 18.2 Å². The maximum absolute atomic E-state index is 6.53. The van der Waals surface area contributed by atoms with Crippen molar-refractivity contribution in [1.82, 2.24) is 10.2 Å². The normalized spacial score (nSPS) is 19.2. The number of hydrogen-bond donors (Lipinski definition) is 3. The van der Waals surface area contributed by atoms with Crippen LogP contribution >= 0.6 is 0 Å². The average Bonchev–Trinajstić information content (AvgIpc) is 2.66. The predicted octanol–water partition coefficient (Wildman–Crippen LogP) is 1.36. The second kappa shape index (κ2) is 8.96. The molecule has 2 rings (SSSR count). The summed E-state index contributed by atoms with van der Waals surface area (Å²) in [6, 6.07) is 3.70. The van der Waals surface area contributed by atoms with Crippen LogP contribution in [0.25, 0.3) is 5.70 Å². The lowest BCUT2D eigenvalue weighted by atomic mass is 10.0. The summed E-state index contributed by atoms with van der Waals surface area (Å²) in [5.74, 6) is 1.92. The van der Waals surface area contributed by atoms with Gasteiger partial charge in [0.1, 0.15) is 5.66 Å². The Bertz CT molecular complexity index is 690. The van der Waals surface area contributed by atoms with Crippen LogP contribution in [0.3, 0.4) is 0 Å². The van der Waals surface area contributed by atoms with Crippen molar-refractivity contribution in [2.24, 2.45) is 16.5 Å². The van der Waals surface area contributed by atoms with Gasteiger partial charge in [0.05, 0.1) is 21.3 Å². The van der Waals surface area contributed by atoms with Gasteiger partial charge in [-0.15, -0.1) is 0 Å². The molecule has 8 nitrogen and oxygen atoms in total. The molecule has 0 spiro atoms. The lowest BCUT2D eigenvalue weighted by Gasteiger charge is -2.31. The molecule has 8 heteroatoms. The van der Waals surface area contributed by atoms with Crippen molar-refractivity contribution in [2.45, 2.75) is 25.9 Å². The number of ether oxygens (including phenoxy) is 3. The van der Waals surface area contributed by atoms with Crippen molar-refractivity contribution in [1.29, 1.82) is 0 Å². The SMILES string of the molecule is CCN(CC)CCC1(N)C=C(c2cc(OC)c(OC)c(OC)c2)NC(N)=N1. The highest BCUT2D eigenvalue weighted by Gasteiger charge is 2.28. The average molecular weight is 377 g/mol. The lowest BCUT2D eigenvalue weighted by molar-refractivity contribution is 0.276. The molecular formula is C19H31N5O3. The fraction of sp³-hybridized carbons (Fsp3) is 0.526. The molecule has 1 aromatic rings. The zero-order chi connectivity index (χ0) is 20.0. The minimum absolute atomic E-state index is 0.281. The maximum atomic E-state index is 6.53. The van der Waals surface area contributed by atoms with Gasteiger partial charge in [0.2, 0.25) is 5.75 Å². The van der Waals surface area contributed by atoms with Crippen molar-refractivity contribution >= 4 is 11.7 Å². The molecule has 0 bridgehead atoms. The van der Waals surface area contributed by atoms with Gasteiger partial charge < -0.3 is 35.9 Å². The van der Waals surface area contributed by atoms with E-state index >= 15 is 0 Å². The minimum atomic E-state index is -0.881. The molecule has 1 aliphatic rings. The number of guanidine groups is 1. The van der Waals surface area contributed by atoms with Gasteiger partial charge in [-0.2, -0.15) is 0 Å². The van der Waals surface area contributed by atoms with E-state index in [9.17, 15) is 0 Å². The predicted molar refractivity (Wildman–Crippen MR) is 108 cm³/mol. The molecule has 0 amide bonds. The third-order valence-electron chi connectivity index (χ3n) is 4.68. The fourth-order valence-corrected chi connectivity index (χ4v) is 3.11. The van der Waals surface area contributed by atoms with E-state index < -0.39 is 5.66 Å². The Labute approximate surface area is 161 Å². The summed E-state index contributed by atoms with van der Waals surface area (Å²) in [5.41, 5.74) is 13.2. The zero-order valence-corrected chi connectivity index (χ0v) is 16.8. The van der Waals surface area contributed by atoms with E-state index in [2.05, 4.69) is 29.1 Å². The van der Waals surface area contributed by atoms with Crippen molar-refractivity contribution < 1.29 is 14.2 Å². The van der Waals surface area contributed by atoms with Crippen LogP contribution in [-0.2, 0) is 0 Å². The number of methoxy groups -OCH3 is 3. The standard InChI is InChI=1S/C19H31N5O3/c1-6-24(7-2)9-8-19(21)12-14(22-18(20)23-19)13-10-15(25-3)17(27-5)16(11-13)26-4/h10-12H,6-9,21H2,1-5H3,(H3,20,22,23). The first-order valence-electron chi connectivity index (χ1n) is 9.06. The summed E-state index contributed by atoms with van der Waals surface area (Å²) >= 11 is 0. The van der Waals surface area contributed by atoms with E-state index in [4.69, 9.17) is 25.7 Å². The number of hydrogen-bond acceptors (Lipinski definition) is 8. The van der Waals surface area contributed by atoms with Crippen LogP contribution in [0.1, 0.15) is 25.8 Å². The number of aliphatic imine (C=N–C) groups is 1. The quantitative estimate of drug-likeness (QED) is 0.596. The Morgan fingerprint density at radius 2 is 1.67 bits per heavy atom. The molecule has 0 saturated heterocycles. The second-order valence-corrected chi connectivity index (χ2v) is 6.36. The first-order valence-corrected chi connectivity index (χ1v) is 9.06. The van der Waals surface area contributed by atoms with Gasteiger partial charge in [-0.25, -0.2) is 4.99 Å². The number of benzene rings is 1. The third-order valence-corrected chi connectivity index (χ3v) is 4.68. The number of rotatable bonds is 9. The monoisotopic (exact) mass is 377 g/mol. The first kappa shape index (κ1) is 20.9. The molecule has 0 radical (unpaired) electrons. The Hall–Kier alpha value is -2.45. The Morgan fingerprint density at radius 1 is 1.07 bits per heavy atom. The molecule has 0 fully saturated rings. The first-order chi connectivity index (χ1) is 12.9. The van der Waals surface area contributed by atoms with Gasteiger partial charge in [0, 0.05) is 24.2 Å². The van der Waals surface area contributed by atoms with E-state index in [0.717, 1.165) is 30.9 Å². The molecule has 1 aromatic carbocycles. The summed E-state index contributed by atoms with van der Waals surface area (Å²) in [4.78, 5) is 6.72. The highest BCUT2D eigenvalue weighted by atomic mass is 16.5. The lowest BCUT2D eigenvalue weighted by Crippen LogP contribution is -2.47. The van der Waals surface area contributed by atoms with Crippen LogP contribution < -0.4 is 31.0 Å². The highest BCUT2D eigenvalue weighted by molar-refractivity contribution is 5.91. The van der Waals surface area contributed by atoms with Crippen LogP contribution in [0.5, 0.6) is 17.2 Å². The zero-order valence-electron chi connectivity index (χ0n) is 16.8. The molecule has 1 heterocycles. The van der Waals surface area contributed by atoms with Crippen molar-refractivity contribution in [3.63, 3.8) is 0 Å². The van der Waals surface area contributed by atoms with Gasteiger partial charge >= 0.3 is 0 Å². The molecule has 5 N–H and O–H groups in total. The van der Waals surface area contributed by atoms with Crippen molar-refractivity contribution in [2.75, 3.05) is 41.0 Å². The molecule has 0 aromatic heterocycles. The van der Waals surface area contributed by atoms with Crippen LogP contribution in [0, 0.1) is 0 Å². The van der Waals surface area contributed by atoms with Crippen LogP contribution in [-0.4, -0.2) is 57.5 Å². The largest absolute Gasteiger partial charge is 0.493 e. The van der Waals surface area contributed by atoms with Gasteiger partial charge in [-0.1, -0.05) is 13.8 Å². The molecular weight excluding hydrogens is 346 g/mol. The molecule has 1 unspecified atom stereocenters. The highest BCUT2D eigenvalue weighted by Crippen LogP contribution is 2.40. The molecule has 0 aliphatic carbocycles. The Balaban J connectivity index is 2.38. The van der Waals surface area contributed by atoms with Gasteiger partial charge in [-0.3, -0.25) is 0 Å². The maximum Gasteiger partial charge on any atom is 0.203 e. The molecule has 150 valence electrons. The topological polar surface area (TPSA) is 107 Å². The Morgan fingerprint density at radius 3 is 2.15 bits per heavy atom. The van der Waals surface area contributed by atoms with Crippen LogP contribution in [0.2, 0.25) is 0 Å². The second-order valence-electron chi connectivity index (χ2n) is 6.36. The molecule has 27 heavy (non-hydrogen) atoms. The molecule has 1 atom stereocenters. The smallest absolute Gasteiger partial charge is 0.203 e. The Kier molecular flexibility index (Phi) is 6.92. The van der Waals surface area contributed by atoms with E-state index in [0.29, 0.717) is 23.7 Å². The van der Waals surface area contributed by atoms with E-state index in [1.165, 1.54) is 0 Å². The summed E-state index contributed by atoms with van der Waals surface area (Å²) in [6.45, 7) is 7.02. The number of nitrogens with zero attached hydrogens (tertiary/aromatic N) is 2. The van der Waals surface area contributed by atoms with E-state index in [-0.39, 0.29) is 5.96 Å². The fourth-order valence-electron chi connectivity index (χ4n) is 3.11. The molecule has 0 saturated carbocycles. The summed E-state index contributed by atoms with van der Waals surface area (Å²) < 4.78 is 16.3. The van der Waals surface area contributed by atoms with Crippen molar-refractivity contribution in [3.05, 3.63) is 23.8 Å². The summed E-state index contributed by atoms with van der Waals surface area (Å²) in [6.07, 6.45) is 2.55. The third kappa shape index (κ3) is 4.84. The number of nitrogens with one attached hydrogen (secondary N) is 1. The minimum Gasteiger partial charge on any atom is -0.493 e. The summed E-state index contributed by atoms with van der Waals surface area (Å²) in [7, 11) is 4.73. The molecule has 1 aliphatic heterocycles. The summed E-state index contributed by atoms with van der Waals surface area (Å²) in [5, 5.41) is 3.09. The van der Waals surface area contributed by atoms with Gasteiger partial charge in [-0.05, 0) is 31.3 Å². The van der Waals surface area contributed by atoms with E-state index in [1.54, 1.807) is 21.3 Å². The van der Waals surface area contributed by atoms with Crippen LogP contribution in [0.4, 0.5) is 0 Å². The van der Waals surface area contributed by atoms with Gasteiger partial charge in [0.15, 0.2) is 17.5 Å². The van der Waals surface area contributed by atoms with Crippen LogP contribution in [0.15, 0.2) is 23.2 Å².